The summed E-state index contributed by atoms with van der Waals surface area (Å²) in [6.07, 6.45) is 4.67. The molecular formula is C9H15N2O. The van der Waals surface area contributed by atoms with Gasteiger partial charge in [-0.2, -0.15) is 0 Å². The van der Waals surface area contributed by atoms with Gasteiger partial charge in [-0.25, -0.2) is 4.98 Å². The fourth-order valence-electron chi connectivity index (χ4n) is 1.12. The Morgan fingerprint density at radius 2 is 2.25 bits per heavy atom. The Hall–Kier alpha value is -0.830. The first-order valence-corrected chi connectivity index (χ1v) is 3.98. The van der Waals surface area contributed by atoms with Gasteiger partial charge < -0.3 is 9.30 Å². The molecular weight excluding hydrogens is 152 g/mol. The van der Waals surface area contributed by atoms with Crippen LogP contribution in [0.2, 0.25) is 0 Å². The van der Waals surface area contributed by atoms with E-state index in [0.717, 1.165) is 5.82 Å². The predicted octanol–water partition coefficient (Wildman–Crippen LogP) is 1.58. The van der Waals surface area contributed by atoms with Gasteiger partial charge in [0.05, 0.1) is 12.4 Å². The molecule has 0 amide bonds. The molecule has 67 valence electrons. The maximum absolute atomic E-state index is 5.01. The van der Waals surface area contributed by atoms with Gasteiger partial charge >= 0.3 is 0 Å². The largest absolute Gasteiger partial charge is 0.364 e. The molecule has 3 nitrogen and oxygen atoms in total. The summed E-state index contributed by atoms with van der Waals surface area (Å²) in [7, 11) is 1.67. The SMILES string of the molecule is COCn1[c]cnc1C(C)(C)C. The molecule has 0 atom stereocenters. The Kier molecular flexibility index (Phi) is 2.52. The van der Waals surface area contributed by atoms with Crippen LogP contribution in [0.5, 0.6) is 0 Å². The zero-order chi connectivity index (χ0) is 9.19. The van der Waals surface area contributed by atoms with Gasteiger partial charge in [-0.05, 0) is 0 Å². The van der Waals surface area contributed by atoms with E-state index in [1.807, 2.05) is 4.57 Å². The van der Waals surface area contributed by atoms with Crippen LogP contribution in [0.3, 0.4) is 0 Å². The zero-order valence-electron chi connectivity index (χ0n) is 8.09. The van der Waals surface area contributed by atoms with Crippen molar-refractivity contribution in [3.05, 3.63) is 18.2 Å². The van der Waals surface area contributed by atoms with Crippen molar-refractivity contribution in [2.45, 2.75) is 32.9 Å². The van der Waals surface area contributed by atoms with Gasteiger partial charge in [-0.15, -0.1) is 0 Å². The summed E-state index contributed by atoms with van der Waals surface area (Å²) in [5, 5.41) is 0. The molecule has 0 aliphatic carbocycles. The number of hydrogen-bond acceptors (Lipinski definition) is 2. The molecule has 0 saturated carbocycles. The van der Waals surface area contributed by atoms with Gasteiger partial charge in [0.25, 0.3) is 0 Å². The molecule has 1 heterocycles. The number of ether oxygens (including phenoxy) is 1. The minimum absolute atomic E-state index is 0.0541. The average molecular weight is 167 g/mol. The second kappa shape index (κ2) is 3.27. The van der Waals surface area contributed by atoms with Crippen molar-refractivity contribution >= 4 is 0 Å². The highest BCUT2D eigenvalue weighted by atomic mass is 16.5. The van der Waals surface area contributed by atoms with Gasteiger partial charge in [0.2, 0.25) is 0 Å². The number of imidazole rings is 1. The number of rotatable bonds is 2. The fraction of sp³-hybridized carbons (Fsp3) is 0.667. The lowest BCUT2D eigenvalue weighted by Gasteiger charge is -2.18. The van der Waals surface area contributed by atoms with Crippen molar-refractivity contribution < 1.29 is 4.74 Å². The molecule has 0 aliphatic heterocycles. The summed E-state index contributed by atoms with van der Waals surface area (Å²) >= 11 is 0. The first kappa shape index (κ1) is 9.26. The van der Waals surface area contributed by atoms with Crippen molar-refractivity contribution in [1.29, 1.82) is 0 Å². The minimum atomic E-state index is 0.0541. The number of methoxy groups -OCH3 is 1. The molecule has 0 fully saturated rings. The molecule has 12 heavy (non-hydrogen) atoms. The Morgan fingerprint density at radius 3 is 2.75 bits per heavy atom. The van der Waals surface area contributed by atoms with Crippen LogP contribution in [0.25, 0.3) is 0 Å². The highest BCUT2D eigenvalue weighted by Gasteiger charge is 2.19. The second-order valence-corrected chi connectivity index (χ2v) is 3.81. The predicted molar refractivity (Wildman–Crippen MR) is 46.8 cm³/mol. The topological polar surface area (TPSA) is 27.1 Å². The van der Waals surface area contributed by atoms with Crippen LogP contribution < -0.4 is 0 Å². The first-order valence-electron chi connectivity index (χ1n) is 3.98. The van der Waals surface area contributed by atoms with Crippen LogP contribution in [0, 0.1) is 6.20 Å². The average Bonchev–Trinajstić information content (AvgIpc) is 2.34. The van der Waals surface area contributed by atoms with Crippen molar-refractivity contribution in [2.24, 2.45) is 0 Å². The molecule has 1 rings (SSSR count). The Balaban J connectivity index is 2.91. The third kappa shape index (κ3) is 1.85. The van der Waals surface area contributed by atoms with E-state index in [0.29, 0.717) is 6.73 Å². The van der Waals surface area contributed by atoms with Crippen molar-refractivity contribution in [1.82, 2.24) is 9.55 Å². The standard InChI is InChI=1S/C9H15N2O/c1-9(2,3)8-10-5-6-11(8)7-12-4/h5H,7H2,1-4H3. The van der Waals surface area contributed by atoms with Gasteiger partial charge in [0, 0.05) is 12.5 Å². The van der Waals surface area contributed by atoms with Crippen molar-refractivity contribution in [3.8, 4) is 0 Å². The van der Waals surface area contributed by atoms with Crippen molar-refractivity contribution in [2.75, 3.05) is 7.11 Å². The van der Waals surface area contributed by atoms with E-state index in [-0.39, 0.29) is 5.41 Å². The van der Waals surface area contributed by atoms with Crippen LogP contribution >= 0.6 is 0 Å². The van der Waals surface area contributed by atoms with Crippen molar-refractivity contribution in [3.63, 3.8) is 0 Å². The highest BCUT2D eigenvalue weighted by Crippen LogP contribution is 2.19. The lowest BCUT2D eigenvalue weighted by molar-refractivity contribution is 0.125. The van der Waals surface area contributed by atoms with Gasteiger partial charge in [0.15, 0.2) is 0 Å². The summed E-state index contributed by atoms with van der Waals surface area (Å²) in [5.74, 6) is 1.00. The lowest BCUT2D eigenvalue weighted by atomic mass is 9.96. The molecule has 1 aromatic heterocycles. The van der Waals surface area contributed by atoms with E-state index in [9.17, 15) is 0 Å². The second-order valence-electron chi connectivity index (χ2n) is 3.81. The number of hydrogen-bond donors (Lipinski definition) is 0. The molecule has 1 radical (unpaired) electrons. The van der Waals surface area contributed by atoms with E-state index in [1.165, 1.54) is 0 Å². The maximum atomic E-state index is 5.01. The zero-order valence-corrected chi connectivity index (χ0v) is 8.09. The summed E-state index contributed by atoms with van der Waals surface area (Å²) in [5.41, 5.74) is 0.0541. The molecule has 0 saturated heterocycles. The van der Waals surface area contributed by atoms with E-state index >= 15 is 0 Å². The number of aromatic nitrogens is 2. The summed E-state index contributed by atoms with van der Waals surface area (Å²) in [4.78, 5) is 4.23. The van der Waals surface area contributed by atoms with Crippen LogP contribution in [-0.2, 0) is 16.9 Å². The summed E-state index contributed by atoms with van der Waals surface area (Å²) < 4.78 is 6.90. The molecule has 0 aromatic carbocycles. The summed E-state index contributed by atoms with van der Waals surface area (Å²) in [6, 6.07) is 0. The third-order valence-electron chi connectivity index (χ3n) is 1.59. The maximum Gasteiger partial charge on any atom is 0.124 e. The molecule has 0 bridgehead atoms. The number of nitrogens with zero attached hydrogens (tertiary/aromatic N) is 2. The van der Waals surface area contributed by atoms with Crippen LogP contribution in [0.1, 0.15) is 26.6 Å². The smallest absolute Gasteiger partial charge is 0.124 e. The Bertz CT molecular complexity index is 247. The van der Waals surface area contributed by atoms with Crippen LogP contribution in [-0.4, -0.2) is 16.7 Å². The third-order valence-corrected chi connectivity index (χ3v) is 1.59. The van der Waals surface area contributed by atoms with E-state index in [4.69, 9.17) is 4.74 Å². The van der Waals surface area contributed by atoms with E-state index < -0.39 is 0 Å². The Morgan fingerprint density at radius 1 is 1.58 bits per heavy atom. The molecule has 1 aromatic rings. The Labute approximate surface area is 73.4 Å². The van der Waals surface area contributed by atoms with Gasteiger partial charge in [-0.1, -0.05) is 20.8 Å². The first-order chi connectivity index (χ1) is 5.55. The summed E-state index contributed by atoms with van der Waals surface area (Å²) in [6.45, 7) is 6.88. The molecule has 0 spiro atoms. The fourth-order valence-corrected chi connectivity index (χ4v) is 1.12. The highest BCUT2D eigenvalue weighted by molar-refractivity contribution is 5.03. The monoisotopic (exact) mass is 167 g/mol. The molecule has 0 aliphatic rings. The van der Waals surface area contributed by atoms with E-state index in [2.05, 4.69) is 32.0 Å². The van der Waals surface area contributed by atoms with Crippen LogP contribution in [0.15, 0.2) is 6.20 Å². The van der Waals surface area contributed by atoms with Gasteiger partial charge in [-0.3, -0.25) is 0 Å². The lowest BCUT2D eigenvalue weighted by Crippen LogP contribution is -2.19. The normalized spacial score (nSPS) is 12.0. The van der Waals surface area contributed by atoms with Gasteiger partial charge in [0.1, 0.15) is 12.6 Å². The molecule has 0 unspecified atom stereocenters. The minimum Gasteiger partial charge on any atom is -0.364 e. The quantitative estimate of drug-likeness (QED) is 0.668. The molecule has 0 N–H and O–H groups in total. The van der Waals surface area contributed by atoms with E-state index in [1.54, 1.807) is 13.3 Å². The van der Waals surface area contributed by atoms with Crippen LogP contribution in [0.4, 0.5) is 0 Å². The molecule has 3 heteroatoms.